The van der Waals surface area contributed by atoms with E-state index in [1.807, 2.05) is 19.1 Å². The lowest BCUT2D eigenvalue weighted by Crippen LogP contribution is -2.34. The lowest BCUT2D eigenvalue weighted by Gasteiger charge is -2.21. The van der Waals surface area contributed by atoms with Crippen LogP contribution in [0.4, 0.5) is 0 Å². The zero-order valence-corrected chi connectivity index (χ0v) is 17.5. The van der Waals surface area contributed by atoms with Gasteiger partial charge in [-0.3, -0.25) is 0 Å². The molecule has 1 aliphatic heterocycles. The predicted octanol–water partition coefficient (Wildman–Crippen LogP) is 3.53. The molecule has 5 rings (SSSR count). The monoisotopic (exact) mass is 421 g/mol. The van der Waals surface area contributed by atoms with Gasteiger partial charge in [0, 0.05) is 41.8 Å². The highest BCUT2D eigenvalue weighted by molar-refractivity contribution is 7.89. The summed E-state index contributed by atoms with van der Waals surface area (Å²) in [6.45, 7) is 3.32. The predicted molar refractivity (Wildman–Crippen MR) is 115 cm³/mol. The molecule has 154 valence electrons. The van der Waals surface area contributed by atoms with Gasteiger partial charge in [-0.15, -0.1) is 0 Å². The number of benzene rings is 2. The van der Waals surface area contributed by atoms with E-state index in [0.29, 0.717) is 11.4 Å². The Hall–Kier alpha value is -2.97. The van der Waals surface area contributed by atoms with Crippen molar-refractivity contribution in [1.29, 1.82) is 0 Å². The van der Waals surface area contributed by atoms with Crippen molar-refractivity contribution in [3.05, 3.63) is 67.0 Å². The number of nitrogens with one attached hydrogen (secondary N) is 1. The SMILES string of the molecule is C[C@@H]1C[C@H](Cn2ccc3cc(-c4cn[nH]n4)ccc32)CN1S(=O)(=O)c1ccccc1. The van der Waals surface area contributed by atoms with Gasteiger partial charge in [-0.2, -0.15) is 19.7 Å². The summed E-state index contributed by atoms with van der Waals surface area (Å²) < 4.78 is 30.0. The van der Waals surface area contributed by atoms with Crippen LogP contribution in [0.2, 0.25) is 0 Å². The van der Waals surface area contributed by atoms with E-state index in [4.69, 9.17) is 0 Å². The van der Waals surface area contributed by atoms with Gasteiger partial charge in [-0.05, 0) is 49.6 Å². The molecule has 1 saturated heterocycles. The fraction of sp³-hybridized carbons (Fsp3) is 0.273. The smallest absolute Gasteiger partial charge is 0.243 e. The van der Waals surface area contributed by atoms with Crippen molar-refractivity contribution in [2.75, 3.05) is 6.54 Å². The molecule has 3 heterocycles. The summed E-state index contributed by atoms with van der Waals surface area (Å²) in [4.78, 5) is 0.365. The van der Waals surface area contributed by atoms with E-state index >= 15 is 0 Å². The second kappa shape index (κ2) is 7.37. The molecule has 30 heavy (non-hydrogen) atoms. The van der Waals surface area contributed by atoms with Crippen molar-refractivity contribution < 1.29 is 8.42 Å². The van der Waals surface area contributed by atoms with E-state index < -0.39 is 10.0 Å². The number of hydrogen-bond donors (Lipinski definition) is 1. The quantitative estimate of drug-likeness (QED) is 0.534. The van der Waals surface area contributed by atoms with E-state index in [0.717, 1.165) is 35.1 Å². The van der Waals surface area contributed by atoms with Gasteiger partial charge in [-0.1, -0.05) is 24.3 Å². The number of rotatable bonds is 5. The zero-order valence-electron chi connectivity index (χ0n) is 16.6. The van der Waals surface area contributed by atoms with E-state index in [1.165, 1.54) is 0 Å². The first-order chi connectivity index (χ1) is 14.5. The third kappa shape index (κ3) is 3.32. The van der Waals surface area contributed by atoms with E-state index in [1.54, 1.807) is 34.8 Å². The highest BCUT2D eigenvalue weighted by atomic mass is 32.2. The van der Waals surface area contributed by atoms with Gasteiger partial charge in [0.05, 0.1) is 11.1 Å². The van der Waals surface area contributed by atoms with Crippen molar-refractivity contribution in [2.24, 2.45) is 5.92 Å². The summed E-state index contributed by atoms with van der Waals surface area (Å²) in [7, 11) is -3.46. The lowest BCUT2D eigenvalue weighted by atomic mass is 10.1. The average Bonchev–Trinajstić information content (AvgIpc) is 3.49. The third-order valence-corrected chi connectivity index (χ3v) is 7.88. The number of nitrogens with zero attached hydrogens (tertiary/aromatic N) is 4. The van der Waals surface area contributed by atoms with Crippen LogP contribution in [0.25, 0.3) is 22.2 Å². The van der Waals surface area contributed by atoms with Gasteiger partial charge >= 0.3 is 0 Å². The van der Waals surface area contributed by atoms with Crippen molar-refractivity contribution in [2.45, 2.75) is 30.8 Å². The van der Waals surface area contributed by atoms with E-state index in [2.05, 4.69) is 44.4 Å². The summed E-state index contributed by atoms with van der Waals surface area (Å²) in [6, 6.07) is 17.0. The van der Waals surface area contributed by atoms with Crippen LogP contribution in [-0.2, 0) is 16.6 Å². The molecule has 0 radical (unpaired) electrons. The standard InChI is InChI=1S/C22H23N5O2S/c1-16-11-17(15-27(16)30(28,29)20-5-3-2-4-6-20)14-26-10-9-19-12-18(7-8-22(19)26)21-13-23-25-24-21/h2-10,12-13,16-17H,11,14-15H2,1H3,(H,23,24,25)/t16-,17-/m1/s1. The summed E-state index contributed by atoms with van der Waals surface area (Å²) >= 11 is 0. The number of fused-ring (bicyclic) bond motifs is 1. The Bertz CT molecular complexity index is 1270. The van der Waals surface area contributed by atoms with Gasteiger partial charge in [0.25, 0.3) is 0 Å². The van der Waals surface area contributed by atoms with Crippen LogP contribution in [0.5, 0.6) is 0 Å². The maximum absolute atomic E-state index is 13.1. The molecule has 0 spiro atoms. The normalized spacial score (nSPS) is 20.2. The Morgan fingerprint density at radius 3 is 2.73 bits per heavy atom. The maximum atomic E-state index is 13.1. The molecule has 7 nitrogen and oxygen atoms in total. The minimum absolute atomic E-state index is 0.0131. The lowest BCUT2D eigenvalue weighted by molar-refractivity contribution is 0.400. The van der Waals surface area contributed by atoms with Crippen LogP contribution in [-0.4, -0.2) is 45.3 Å². The van der Waals surface area contributed by atoms with Crippen LogP contribution >= 0.6 is 0 Å². The third-order valence-electron chi connectivity index (χ3n) is 5.89. The second-order valence-corrected chi connectivity index (χ2v) is 9.83. The van der Waals surface area contributed by atoms with Crippen LogP contribution in [0.3, 0.4) is 0 Å². The number of aromatic amines is 1. The fourth-order valence-corrected chi connectivity index (χ4v) is 6.18. The number of hydrogen-bond acceptors (Lipinski definition) is 4. The highest BCUT2D eigenvalue weighted by Gasteiger charge is 2.37. The molecular weight excluding hydrogens is 398 g/mol. The van der Waals surface area contributed by atoms with Crippen molar-refractivity contribution in [1.82, 2.24) is 24.3 Å². The topological polar surface area (TPSA) is 83.9 Å². The summed E-state index contributed by atoms with van der Waals surface area (Å²) in [5, 5.41) is 11.8. The first-order valence-corrected chi connectivity index (χ1v) is 11.5. The minimum Gasteiger partial charge on any atom is -0.347 e. The molecule has 1 aliphatic rings. The van der Waals surface area contributed by atoms with Crippen molar-refractivity contribution >= 4 is 20.9 Å². The van der Waals surface area contributed by atoms with Crippen molar-refractivity contribution in [3.63, 3.8) is 0 Å². The number of sulfonamides is 1. The molecule has 1 N–H and O–H groups in total. The van der Waals surface area contributed by atoms with E-state index in [-0.39, 0.29) is 12.0 Å². The van der Waals surface area contributed by atoms with Gasteiger partial charge in [0.15, 0.2) is 0 Å². The first kappa shape index (κ1) is 19.0. The Morgan fingerprint density at radius 2 is 1.97 bits per heavy atom. The van der Waals surface area contributed by atoms with E-state index in [9.17, 15) is 8.42 Å². The summed E-state index contributed by atoms with van der Waals surface area (Å²) in [5.74, 6) is 0.268. The highest BCUT2D eigenvalue weighted by Crippen LogP contribution is 2.31. The van der Waals surface area contributed by atoms with Gasteiger partial charge in [0.1, 0.15) is 5.69 Å². The molecule has 0 saturated carbocycles. The minimum atomic E-state index is -3.46. The molecule has 2 aromatic heterocycles. The Balaban J connectivity index is 1.36. The van der Waals surface area contributed by atoms with Crippen LogP contribution in [0.1, 0.15) is 13.3 Å². The van der Waals surface area contributed by atoms with Gasteiger partial charge in [-0.25, -0.2) is 8.42 Å². The van der Waals surface area contributed by atoms with Crippen LogP contribution in [0.15, 0.2) is 71.9 Å². The number of aromatic nitrogens is 4. The molecule has 0 bridgehead atoms. The molecule has 0 unspecified atom stereocenters. The Kier molecular flexibility index (Phi) is 4.67. The second-order valence-electron chi connectivity index (χ2n) is 7.94. The van der Waals surface area contributed by atoms with Crippen LogP contribution in [0, 0.1) is 5.92 Å². The molecular formula is C22H23N5O2S. The van der Waals surface area contributed by atoms with Crippen LogP contribution < -0.4 is 0 Å². The van der Waals surface area contributed by atoms with Gasteiger partial charge in [0.2, 0.25) is 10.0 Å². The first-order valence-electron chi connectivity index (χ1n) is 10.0. The Labute approximate surface area is 175 Å². The average molecular weight is 422 g/mol. The molecule has 1 fully saturated rings. The van der Waals surface area contributed by atoms with Gasteiger partial charge < -0.3 is 4.57 Å². The molecule has 2 aromatic carbocycles. The summed E-state index contributed by atoms with van der Waals surface area (Å²) in [6.07, 6.45) is 4.64. The zero-order chi connectivity index (χ0) is 20.7. The number of H-pyrrole nitrogens is 1. The Morgan fingerprint density at radius 1 is 1.13 bits per heavy atom. The molecule has 8 heteroatoms. The maximum Gasteiger partial charge on any atom is 0.243 e. The fourth-order valence-electron chi connectivity index (χ4n) is 4.44. The molecule has 4 aromatic rings. The van der Waals surface area contributed by atoms with Crippen molar-refractivity contribution in [3.8, 4) is 11.3 Å². The molecule has 2 atom stereocenters. The summed E-state index contributed by atoms with van der Waals surface area (Å²) in [5.41, 5.74) is 2.97. The molecule has 0 amide bonds. The molecule has 0 aliphatic carbocycles. The largest absolute Gasteiger partial charge is 0.347 e.